The summed E-state index contributed by atoms with van der Waals surface area (Å²) >= 11 is 0. The summed E-state index contributed by atoms with van der Waals surface area (Å²) in [5.74, 6) is 2.60. The number of rotatable bonds is 0. The van der Waals surface area contributed by atoms with Gasteiger partial charge in [-0.2, -0.15) is 0 Å². The van der Waals surface area contributed by atoms with Crippen LogP contribution in [0.3, 0.4) is 0 Å². The first-order valence-electron chi connectivity index (χ1n) is 5.70. The molecule has 0 aromatic carbocycles. The first-order chi connectivity index (χ1) is 5.70. The van der Waals surface area contributed by atoms with Crippen LogP contribution < -0.4 is 0 Å². The Balaban J connectivity index is 2.96. The van der Waals surface area contributed by atoms with Gasteiger partial charge >= 0.3 is 0 Å². The van der Waals surface area contributed by atoms with Gasteiger partial charge in [0.15, 0.2) is 0 Å². The second kappa shape index (κ2) is 3.00. The number of hydrogen-bond donors (Lipinski definition) is 0. The standard InChI is InChI=1S/C13H26/c1-9-8-12(4,5)13(6,7)11(3)10(9)2/h9-11H,8H2,1-7H3/t9-,10?,11?/m1/s1. The van der Waals surface area contributed by atoms with E-state index < -0.39 is 0 Å². The molecule has 0 nitrogen and oxygen atoms in total. The second-order valence-corrected chi connectivity index (χ2v) is 6.43. The molecular weight excluding hydrogens is 156 g/mol. The Kier molecular flexibility index (Phi) is 2.56. The summed E-state index contributed by atoms with van der Waals surface area (Å²) in [6.45, 7) is 17.0. The predicted molar refractivity (Wildman–Crippen MR) is 59.7 cm³/mol. The van der Waals surface area contributed by atoms with Crippen LogP contribution in [0.15, 0.2) is 0 Å². The lowest BCUT2D eigenvalue weighted by atomic mass is 9.50. The van der Waals surface area contributed by atoms with Crippen LogP contribution in [0.5, 0.6) is 0 Å². The molecule has 1 aliphatic carbocycles. The van der Waals surface area contributed by atoms with Crippen LogP contribution in [-0.2, 0) is 0 Å². The zero-order chi connectivity index (χ0) is 10.4. The van der Waals surface area contributed by atoms with Crippen molar-refractivity contribution in [3.8, 4) is 0 Å². The van der Waals surface area contributed by atoms with Crippen molar-refractivity contribution in [1.82, 2.24) is 0 Å². The maximum Gasteiger partial charge on any atom is -0.0275 e. The summed E-state index contributed by atoms with van der Waals surface area (Å²) in [4.78, 5) is 0. The minimum absolute atomic E-state index is 0.485. The highest BCUT2D eigenvalue weighted by atomic mass is 14.5. The van der Waals surface area contributed by atoms with Crippen LogP contribution in [0.25, 0.3) is 0 Å². The van der Waals surface area contributed by atoms with Crippen LogP contribution in [0.2, 0.25) is 0 Å². The van der Waals surface area contributed by atoms with Gasteiger partial charge in [-0.1, -0.05) is 48.5 Å². The summed E-state index contributed by atoms with van der Waals surface area (Å²) in [5.41, 5.74) is 0.983. The normalized spacial score (nSPS) is 43.2. The number of hydrogen-bond acceptors (Lipinski definition) is 0. The van der Waals surface area contributed by atoms with Gasteiger partial charge in [0.1, 0.15) is 0 Å². The fraction of sp³-hybridized carbons (Fsp3) is 1.00. The summed E-state index contributed by atoms with van der Waals surface area (Å²) in [6.07, 6.45) is 1.38. The van der Waals surface area contributed by atoms with E-state index in [4.69, 9.17) is 0 Å². The van der Waals surface area contributed by atoms with Crippen molar-refractivity contribution >= 4 is 0 Å². The van der Waals surface area contributed by atoms with Crippen molar-refractivity contribution in [2.75, 3.05) is 0 Å². The van der Waals surface area contributed by atoms with Gasteiger partial charge in [0.05, 0.1) is 0 Å². The van der Waals surface area contributed by atoms with E-state index >= 15 is 0 Å². The molecular formula is C13H26. The highest BCUT2D eigenvalue weighted by Crippen LogP contribution is 2.56. The van der Waals surface area contributed by atoms with E-state index in [1.165, 1.54) is 6.42 Å². The van der Waals surface area contributed by atoms with E-state index in [-0.39, 0.29) is 0 Å². The van der Waals surface area contributed by atoms with E-state index in [1.54, 1.807) is 0 Å². The highest BCUT2D eigenvalue weighted by Gasteiger charge is 2.48. The van der Waals surface area contributed by atoms with Crippen molar-refractivity contribution in [2.45, 2.75) is 54.9 Å². The summed E-state index contributed by atoms with van der Waals surface area (Å²) in [6, 6.07) is 0. The highest BCUT2D eigenvalue weighted by molar-refractivity contribution is 4.97. The first kappa shape index (κ1) is 11.1. The Bertz CT molecular complexity index is 188. The van der Waals surface area contributed by atoms with E-state index in [1.807, 2.05) is 0 Å². The zero-order valence-corrected chi connectivity index (χ0v) is 10.4. The Morgan fingerprint density at radius 3 is 1.85 bits per heavy atom. The van der Waals surface area contributed by atoms with Crippen molar-refractivity contribution in [3.63, 3.8) is 0 Å². The van der Waals surface area contributed by atoms with Gasteiger partial charge in [-0.25, -0.2) is 0 Å². The Labute approximate surface area is 84.1 Å². The van der Waals surface area contributed by atoms with Crippen molar-refractivity contribution in [2.24, 2.45) is 28.6 Å². The second-order valence-electron chi connectivity index (χ2n) is 6.43. The molecule has 2 unspecified atom stereocenters. The predicted octanol–water partition coefficient (Wildman–Crippen LogP) is 4.35. The van der Waals surface area contributed by atoms with Gasteiger partial charge in [0.25, 0.3) is 0 Å². The van der Waals surface area contributed by atoms with Gasteiger partial charge in [-0.05, 0) is 35.0 Å². The molecule has 0 spiro atoms. The van der Waals surface area contributed by atoms with Crippen LogP contribution in [0.1, 0.15) is 54.9 Å². The molecule has 0 amide bonds. The smallest absolute Gasteiger partial charge is 0.0275 e. The molecule has 1 saturated carbocycles. The Morgan fingerprint density at radius 2 is 1.38 bits per heavy atom. The molecule has 0 aromatic heterocycles. The van der Waals surface area contributed by atoms with Crippen molar-refractivity contribution < 1.29 is 0 Å². The molecule has 0 radical (unpaired) electrons. The van der Waals surface area contributed by atoms with Crippen molar-refractivity contribution in [3.05, 3.63) is 0 Å². The molecule has 1 fully saturated rings. The molecule has 1 rings (SSSR count). The fourth-order valence-electron chi connectivity index (χ4n) is 3.02. The Hall–Kier alpha value is 0. The SMILES string of the molecule is CC1C(C)C(C)(C)C(C)(C)C[C@H]1C. The van der Waals surface area contributed by atoms with Crippen molar-refractivity contribution in [1.29, 1.82) is 0 Å². The topological polar surface area (TPSA) is 0 Å². The average Bonchev–Trinajstić information content (AvgIpc) is 1.98. The maximum atomic E-state index is 2.44. The summed E-state index contributed by atoms with van der Waals surface area (Å²) in [7, 11) is 0. The monoisotopic (exact) mass is 182 g/mol. The van der Waals surface area contributed by atoms with Crippen LogP contribution in [-0.4, -0.2) is 0 Å². The van der Waals surface area contributed by atoms with E-state index in [9.17, 15) is 0 Å². The molecule has 0 aromatic rings. The Morgan fingerprint density at radius 1 is 0.923 bits per heavy atom. The third-order valence-electron chi connectivity index (χ3n) is 5.40. The van der Waals surface area contributed by atoms with Crippen LogP contribution >= 0.6 is 0 Å². The average molecular weight is 182 g/mol. The molecule has 0 heterocycles. The molecule has 3 atom stereocenters. The summed E-state index contributed by atoms with van der Waals surface area (Å²) < 4.78 is 0. The maximum absolute atomic E-state index is 2.44. The fourth-order valence-corrected chi connectivity index (χ4v) is 3.02. The van der Waals surface area contributed by atoms with E-state index in [0.29, 0.717) is 10.8 Å². The van der Waals surface area contributed by atoms with Gasteiger partial charge in [0, 0.05) is 0 Å². The van der Waals surface area contributed by atoms with Crippen LogP contribution in [0.4, 0.5) is 0 Å². The first-order valence-corrected chi connectivity index (χ1v) is 5.70. The molecule has 0 aliphatic heterocycles. The van der Waals surface area contributed by atoms with Gasteiger partial charge in [-0.3, -0.25) is 0 Å². The molecule has 0 bridgehead atoms. The third-order valence-corrected chi connectivity index (χ3v) is 5.40. The quantitative estimate of drug-likeness (QED) is 0.522. The molecule has 0 heteroatoms. The van der Waals surface area contributed by atoms with Gasteiger partial charge in [-0.15, -0.1) is 0 Å². The minimum atomic E-state index is 0.485. The zero-order valence-electron chi connectivity index (χ0n) is 10.4. The lowest BCUT2D eigenvalue weighted by molar-refractivity contribution is -0.0605. The van der Waals surface area contributed by atoms with E-state index in [2.05, 4.69) is 48.5 Å². The van der Waals surface area contributed by atoms with Gasteiger partial charge < -0.3 is 0 Å². The lowest BCUT2D eigenvalue weighted by Crippen LogP contribution is -2.47. The lowest BCUT2D eigenvalue weighted by Gasteiger charge is -2.55. The van der Waals surface area contributed by atoms with Gasteiger partial charge in [0.2, 0.25) is 0 Å². The summed E-state index contributed by atoms with van der Waals surface area (Å²) in [5, 5.41) is 0. The minimum Gasteiger partial charge on any atom is -0.0622 e. The molecule has 78 valence electrons. The molecule has 0 N–H and O–H groups in total. The third kappa shape index (κ3) is 1.53. The largest absolute Gasteiger partial charge is 0.0622 e. The molecule has 13 heavy (non-hydrogen) atoms. The van der Waals surface area contributed by atoms with Crippen LogP contribution in [0, 0.1) is 28.6 Å². The molecule has 1 aliphatic rings. The van der Waals surface area contributed by atoms with E-state index in [0.717, 1.165) is 17.8 Å². The molecule has 0 saturated heterocycles.